The predicted molar refractivity (Wildman–Crippen MR) is 75.3 cm³/mol. The van der Waals surface area contributed by atoms with Gasteiger partial charge >= 0.3 is 0 Å². The van der Waals surface area contributed by atoms with Gasteiger partial charge in [0.2, 0.25) is 5.95 Å². The molecule has 0 spiro atoms. The van der Waals surface area contributed by atoms with Crippen LogP contribution in [0.15, 0.2) is 35.5 Å². The van der Waals surface area contributed by atoms with E-state index in [0.717, 1.165) is 16.3 Å². The van der Waals surface area contributed by atoms with Gasteiger partial charge in [-0.15, -0.1) is 11.8 Å². The van der Waals surface area contributed by atoms with Crippen LogP contribution in [0, 0.1) is 13.8 Å². The number of hydrazine groups is 1. The summed E-state index contributed by atoms with van der Waals surface area (Å²) in [5, 5.41) is 0.958. The minimum Gasteiger partial charge on any atom is -0.292 e. The maximum Gasteiger partial charge on any atom is 0.238 e. The highest BCUT2D eigenvalue weighted by molar-refractivity contribution is 7.98. The number of anilines is 1. The summed E-state index contributed by atoms with van der Waals surface area (Å²) in [4.78, 5) is 8.41. The third kappa shape index (κ3) is 3.21. The van der Waals surface area contributed by atoms with E-state index >= 15 is 0 Å². The van der Waals surface area contributed by atoms with Crippen LogP contribution in [-0.4, -0.2) is 9.97 Å². The number of aromatic nitrogens is 2. The van der Waals surface area contributed by atoms with E-state index in [4.69, 9.17) is 5.84 Å². The van der Waals surface area contributed by atoms with E-state index in [0.29, 0.717) is 5.95 Å². The molecule has 0 saturated heterocycles. The Kier molecular flexibility index (Phi) is 4.17. The summed E-state index contributed by atoms with van der Waals surface area (Å²) in [5.74, 6) is 6.66. The highest BCUT2D eigenvalue weighted by Gasteiger charge is 2.04. The smallest absolute Gasteiger partial charge is 0.238 e. The van der Waals surface area contributed by atoms with Gasteiger partial charge in [-0.05, 0) is 25.0 Å². The van der Waals surface area contributed by atoms with Gasteiger partial charge in [0.25, 0.3) is 0 Å². The number of nitrogen functional groups attached to an aromatic ring is 1. The first-order chi connectivity index (χ1) is 8.69. The molecule has 94 valence electrons. The van der Waals surface area contributed by atoms with Crippen molar-refractivity contribution in [3.8, 4) is 0 Å². The van der Waals surface area contributed by atoms with Gasteiger partial charge < -0.3 is 0 Å². The summed E-state index contributed by atoms with van der Waals surface area (Å²) in [6.45, 7) is 4.10. The lowest BCUT2D eigenvalue weighted by molar-refractivity contribution is 0.992. The molecule has 0 aliphatic carbocycles. The average molecular weight is 260 g/mol. The zero-order valence-corrected chi connectivity index (χ0v) is 11.3. The molecule has 2 rings (SSSR count). The van der Waals surface area contributed by atoms with Crippen LogP contribution in [0.4, 0.5) is 5.95 Å². The van der Waals surface area contributed by atoms with Gasteiger partial charge in [-0.3, -0.25) is 5.43 Å². The first-order valence-electron chi connectivity index (χ1n) is 5.67. The molecule has 0 atom stereocenters. The zero-order valence-electron chi connectivity index (χ0n) is 10.5. The number of benzene rings is 1. The summed E-state index contributed by atoms with van der Waals surface area (Å²) in [5.41, 5.74) is 6.09. The van der Waals surface area contributed by atoms with Gasteiger partial charge in [0.1, 0.15) is 5.03 Å². The van der Waals surface area contributed by atoms with Crippen LogP contribution in [-0.2, 0) is 5.75 Å². The molecule has 0 amide bonds. The fourth-order valence-corrected chi connectivity index (χ4v) is 2.51. The largest absolute Gasteiger partial charge is 0.292 e. The van der Waals surface area contributed by atoms with Crippen molar-refractivity contribution in [1.82, 2.24) is 9.97 Å². The normalized spacial score (nSPS) is 10.4. The molecule has 0 saturated carbocycles. The second-order valence-electron chi connectivity index (χ2n) is 4.10. The minimum atomic E-state index is 0.451. The summed E-state index contributed by atoms with van der Waals surface area (Å²) in [6.07, 6.45) is 1.78. The van der Waals surface area contributed by atoms with Crippen LogP contribution < -0.4 is 11.3 Å². The fourth-order valence-electron chi connectivity index (χ4n) is 1.60. The van der Waals surface area contributed by atoms with E-state index in [1.54, 1.807) is 18.0 Å². The van der Waals surface area contributed by atoms with Crippen LogP contribution in [0.2, 0.25) is 0 Å². The van der Waals surface area contributed by atoms with Gasteiger partial charge in [-0.2, -0.15) is 0 Å². The molecule has 4 nitrogen and oxygen atoms in total. The highest BCUT2D eigenvalue weighted by atomic mass is 32.2. The first kappa shape index (κ1) is 12.9. The number of hydrogen-bond donors (Lipinski definition) is 2. The Labute approximate surface area is 111 Å². The SMILES string of the molecule is Cc1cccc(CSc2nc(NN)ncc2C)c1. The topological polar surface area (TPSA) is 63.8 Å². The molecule has 0 fully saturated rings. The Morgan fingerprint density at radius 3 is 2.89 bits per heavy atom. The Hall–Kier alpha value is -1.59. The van der Waals surface area contributed by atoms with Crippen molar-refractivity contribution in [3.05, 3.63) is 47.2 Å². The number of nitrogens with one attached hydrogen (secondary N) is 1. The molecule has 1 heterocycles. The lowest BCUT2D eigenvalue weighted by atomic mass is 10.2. The molecule has 5 heteroatoms. The van der Waals surface area contributed by atoms with E-state index in [1.165, 1.54) is 11.1 Å². The number of aryl methyl sites for hydroxylation is 2. The summed E-state index contributed by atoms with van der Waals surface area (Å²) >= 11 is 1.69. The van der Waals surface area contributed by atoms with E-state index < -0.39 is 0 Å². The van der Waals surface area contributed by atoms with Crippen molar-refractivity contribution >= 4 is 17.7 Å². The second kappa shape index (κ2) is 5.84. The number of thioether (sulfide) groups is 1. The van der Waals surface area contributed by atoms with E-state index in [1.807, 2.05) is 6.92 Å². The summed E-state index contributed by atoms with van der Waals surface area (Å²) in [6, 6.07) is 8.48. The zero-order chi connectivity index (χ0) is 13.0. The average Bonchev–Trinajstić information content (AvgIpc) is 2.38. The van der Waals surface area contributed by atoms with Crippen LogP contribution in [0.25, 0.3) is 0 Å². The van der Waals surface area contributed by atoms with E-state index in [2.05, 4.69) is 46.6 Å². The molecule has 0 aliphatic rings. The van der Waals surface area contributed by atoms with Crippen molar-refractivity contribution in [1.29, 1.82) is 0 Å². The summed E-state index contributed by atoms with van der Waals surface area (Å²) in [7, 11) is 0. The molecular weight excluding hydrogens is 244 g/mol. The number of nitrogens with zero attached hydrogens (tertiary/aromatic N) is 2. The monoisotopic (exact) mass is 260 g/mol. The van der Waals surface area contributed by atoms with Crippen molar-refractivity contribution in [2.24, 2.45) is 5.84 Å². The lowest BCUT2D eigenvalue weighted by Crippen LogP contribution is -2.10. The third-order valence-electron chi connectivity index (χ3n) is 2.51. The van der Waals surface area contributed by atoms with E-state index in [9.17, 15) is 0 Å². The van der Waals surface area contributed by atoms with Gasteiger partial charge in [0.05, 0.1) is 0 Å². The Balaban J connectivity index is 2.10. The molecule has 1 aromatic heterocycles. The molecule has 2 aromatic rings. The van der Waals surface area contributed by atoms with Crippen LogP contribution >= 0.6 is 11.8 Å². The summed E-state index contributed by atoms with van der Waals surface area (Å²) < 4.78 is 0. The lowest BCUT2D eigenvalue weighted by Gasteiger charge is -2.06. The molecule has 0 bridgehead atoms. The Morgan fingerprint density at radius 1 is 1.33 bits per heavy atom. The van der Waals surface area contributed by atoms with Crippen molar-refractivity contribution in [2.45, 2.75) is 24.6 Å². The maximum absolute atomic E-state index is 5.31. The van der Waals surface area contributed by atoms with Crippen molar-refractivity contribution in [3.63, 3.8) is 0 Å². The van der Waals surface area contributed by atoms with Crippen LogP contribution in [0.1, 0.15) is 16.7 Å². The van der Waals surface area contributed by atoms with Gasteiger partial charge in [-0.1, -0.05) is 29.8 Å². The van der Waals surface area contributed by atoms with Gasteiger partial charge in [0, 0.05) is 11.9 Å². The van der Waals surface area contributed by atoms with Crippen molar-refractivity contribution < 1.29 is 0 Å². The standard InChI is InChI=1S/C13H16N4S/c1-9-4-3-5-11(6-9)8-18-12-10(2)7-15-13(16-12)17-14/h3-7H,8,14H2,1-2H3,(H,15,16,17). The number of nitrogens with two attached hydrogens (primary N) is 1. The van der Waals surface area contributed by atoms with Crippen LogP contribution in [0.5, 0.6) is 0 Å². The number of hydrogen-bond acceptors (Lipinski definition) is 5. The quantitative estimate of drug-likeness (QED) is 0.383. The third-order valence-corrected chi connectivity index (χ3v) is 3.68. The predicted octanol–water partition coefficient (Wildman–Crippen LogP) is 2.67. The minimum absolute atomic E-state index is 0.451. The molecule has 18 heavy (non-hydrogen) atoms. The molecule has 3 N–H and O–H groups in total. The molecule has 1 aromatic carbocycles. The van der Waals surface area contributed by atoms with Gasteiger partial charge in [-0.25, -0.2) is 15.8 Å². The first-order valence-corrected chi connectivity index (χ1v) is 6.66. The highest BCUT2D eigenvalue weighted by Crippen LogP contribution is 2.24. The molecular formula is C13H16N4S. The van der Waals surface area contributed by atoms with Gasteiger partial charge in [0.15, 0.2) is 0 Å². The van der Waals surface area contributed by atoms with Crippen molar-refractivity contribution in [2.75, 3.05) is 5.43 Å². The Bertz CT molecular complexity index is 542. The van der Waals surface area contributed by atoms with E-state index in [-0.39, 0.29) is 0 Å². The molecule has 0 radical (unpaired) electrons. The fraction of sp³-hybridized carbons (Fsp3) is 0.231. The molecule has 0 unspecified atom stereocenters. The Morgan fingerprint density at radius 2 is 2.17 bits per heavy atom. The van der Waals surface area contributed by atoms with Crippen LogP contribution in [0.3, 0.4) is 0 Å². The second-order valence-corrected chi connectivity index (χ2v) is 5.07. The molecule has 0 aliphatic heterocycles. The maximum atomic E-state index is 5.31. The number of rotatable bonds is 4.